The summed E-state index contributed by atoms with van der Waals surface area (Å²) in [5, 5.41) is 0. The molecule has 0 amide bonds. The first kappa shape index (κ1) is 15.2. The van der Waals surface area contributed by atoms with Crippen LogP contribution in [0.3, 0.4) is 0 Å². The van der Waals surface area contributed by atoms with Crippen LogP contribution in [0.2, 0.25) is 0 Å². The van der Waals surface area contributed by atoms with Crippen LogP contribution in [0.15, 0.2) is 35.5 Å². The van der Waals surface area contributed by atoms with E-state index in [9.17, 15) is 8.42 Å². The molecule has 21 heavy (non-hydrogen) atoms. The lowest BCUT2D eigenvalue weighted by Crippen LogP contribution is -2.27. The van der Waals surface area contributed by atoms with Crippen molar-refractivity contribution in [3.05, 3.63) is 41.7 Å². The molecule has 0 unspecified atom stereocenters. The van der Waals surface area contributed by atoms with Gasteiger partial charge in [0, 0.05) is 7.05 Å². The van der Waals surface area contributed by atoms with Crippen molar-refractivity contribution in [1.82, 2.24) is 9.97 Å². The van der Waals surface area contributed by atoms with Crippen molar-refractivity contribution in [2.75, 3.05) is 16.8 Å². The summed E-state index contributed by atoms with van der Waals surface area (Å²) in [6.45, 7) is 3.82. The maximum Gasteiger partial charge on any atom is 0.267 e. The Hall–Kier alpha value is -2.19. The lowest BCUT2D eigenvalue weighted by molar-refractivity contribution is 0.593. The number of nitrogens with one attached hydrogen (secondary N) is 1. The summed E-state index contributed by atoms with van der Waals surface area (Å²) in [6, 6.07) is 5.57. The van der Waals surface area contributed by atoms with E-state index in [1.807, 2.05) is 26.0 Å². The largest absolute Gasteiger partial charge is 0.292 e. The smallest absolute Gasteiger partial charge is 0.267 e. The van der Waals surface area contributed by atoms with E-state index in [0.717, 1.165) is 11.1 Å². The van der Waals surface area contributed by atoms with Crippen molar-refractivity contribution in [3.8, 4) is 0 Å². The van der Waals surface area contributed by atoms with Gasteiger partial charge in [0.15, 0.2) is 0 Å². The highest BCUT2D eigenvalue weighted by molar-refractivity contribution is 7.92. The fraction of sp³-hybridized carbons (Fsp3) is 0.231. The summed E-state index contributed by atoms with van der Waals surface area (Å²) in [4.78, 5) is 7.65. The lowest BCUT2D eigenvalue weighted by atomic mass is 10.1. The average molecular weight is 307 g/mol. The third kappa shape index (κ3) is 2.96. The molecule has 8 heteroatoms. The molecule has 0 aliphatic heterocycles. The molecular weight excluding hydrogens is 290 g/mol. The Morgan fingerprint density at radius 3 is 2.33 bits per heavy atom. The molecule has 0 radical (unpaired) electrons. The van der Waals surface area contributed by atoms with Gasteiger partial charge in [-0.25, -0.2) is 24.2 Å². The van der Waals surface area contributed by atoms with Crippen molar-refractivity contribution in [1.29, 1.82) is 0 Å². The van der Waals surface area contributed by atoms with Gasteiger partial charge in [0.25, 0.3) is 10.0 Å². The summed E-state index contributed by atoms with van der Waals surface area (Å²) < 4.78 is 26.3. The number of hydrogen-bond acceptors (Lipinski definition) is 6. The van der Waals surface area contributed by atoms with Crippen molar-refractivity contribution >= 4 is 21.7 Å². The third-order valence-corrected chi connectivity index (χ3v) is 4.83. The van der Waals surface area contributed by atoms with Crippen molar-refractivity contribution in [2.24, 2.45) is 5.84 Å². The SMILES string of the molecule is Cc1ccc(N(C)S(=O)(=O)c2cnc(NN)nc2)c(C)c1. The number of anilines is 2. The summed E-state index contributed by atoms with van der Waals surface area (Å²) in [5.74, 6) is 5.31. The number of benzene rings is 1. The number of hydrazine groups is 1. The fourth-order valence-electron chi connectivity index (χ4n) is 1.97. The molecule has 0 fully saturated rings. The van der Waals surface area contributed by atoms with E-state index < -0.39 is 10.0 Å². The van der Waals surface area contributed by atoms with Crippen LogP contribution in [0.1, 0.15) is 11.1 Å². The molecule has 2 rings (SSSR count). The molecule has 112 valence electrons. The first-order valence-corrected chi connectivity index (χ1v) is 7.65. The highest BCUT2D eigenvalue weighted by atomic mass is 32.2. The van der Waals surface area contributed by atoms with Gasteiger partial charge in [-0.3, -0.25) is 9.73 Å². The first-order chi connectivity index (χ1) is 9.86. The first-order valence-electron chi connectivity index (χ1n) is 6.21. The number of sulfonamides is 1. The van der Waals surface area contributed by atoms with E-state index in [1.54, 1.807) is 6.07 Å². The van der Waals surface area contributed by atoms with E-state index in [-0.39, 0.29) is 10.8 Å². The molecule has 1 heterocycles. The van der Waals surface area contributed by atoms with E-state index in [0.29, 0.717) is 5.69 Å². The van der Waals surface area contributed by atoms with Gasteiger partial charge in [0.1, 0.15) is 4.90 Å². The molecule has 0 aliphatic rings. The minimum absolute atomic E-state index is 0.00368. The zero-order valence-corrected chi connectivity index (χ0v) is 12.8. The fourth-order valence-corrected chi connectivity index (χ4v) is 3.12. The van der Waals surface area contributed by atoms with Crippen LogP contribution >= 0.6 is 0 Å². The van der Waals surface area contributed by atoms with Gasteiger partial charge in [-0.1, -0.05) is 17.7 Å². The van der Waals surface area contributed by atoms with E-state index in [1.165, 1.54) is 23.7 Å². The highest BCUT2D eigenvalue weighted by Gasteiger charge is 2.23. The Morgan fingerprint density at radius 1 is 1.19 bits per heavy atom. The maximum atomic E-state index is 12.6. The second-order valence-electron chi connectivity index (χ2n) is 4.65. The quantitative estimate of drug-likeness (QED) is 0.650. The van der Waals surface area contributed by atoms with Crippen LogP contribution in [0.5, 0.6) is 0 Å². The molecule has 0 saturated heterocycles. The second kappa shape index (κ2) is 5.66. The summed E-state index contributed by atoms with van der Waals surface area (Å²) >= 11 is 0. The lowest BCUT2D eigenvalue weighted by Gasteiger charge is -2.21. The topological polar surface area (TPSA) is 101 Å². The molecule has 0 aliphatic carbocycles. The number of rotatable bonds is 4. The van der Waals surface area contributed by atoms with E-state index in [2.05, 4.69) is 15.4 Å². The van der Waals surface area contributed by atoms with Crippen molar-refractivity contribution < 1.29 is 8.42 Å². The van der Waals surface area contributed by atoms with E-state index in [4.69, 9.17) is 5.84 Å². The Balaban J connectivity index is 2.42. The molecular formula is C13H17N5O2S. The van der Waals surface area contributed by atoms with Gasteiger partial charge in [0.2, 0.25) is 5.95 Å². The zero-order valence-electron chi connectivity index (χ0n) is 12.0. The maximum absolute atomic E-state index is 12.6. The van der Waals surface area contributed by atoms with Crippen LogP contribution in [0.4, 0.5) is 11.6 Å². The molecule has 3 N–H and O–H groups in total. The Labute approximate surface area is 123 Å². The normalized spacial score (nSPS) is 11.2. The molecule has 0 spiro atoms. The molecule has 1 aromatic heterocycles. The Bertz CT molecular complexity index is 744. The predicted octanol–water partition coefficient (Wildman–Crippen LogP) is 1.20. The van der Waals surface area contributed by atoms with Gasteiger partial charge in [-0.15, -0.1) is 0 Å². The number of nitrogens with two attached hydrogens (primary N) is 1. The second-order valence-corrected chi connectivity index (χ2v) is 6.62. The minimum atomic E-state index is -3.71. The van der Waals surface area contributed by atoms with E-state index >= 15 is 0 Å². The van der Waals surface area contributed by atoms with Gasteiger partial charge in [-0.2, -0.15) is 0 Å². The molecule has 7 nitrogen and oxygen atoms in total. The van der Waals surface area contributed by atoms with Crippen LogP contribution in [-0.2, 0) is 10.0 Å². The molecule has 0 saturated carbocycles. The number of aromatic nitrogens is 2. The number of aryl methyl sites for hydroxylation is 2. The third-order valence-electron chi connectivity index (χ3n) is 3.11. The summed E-state index contributed by atoms with van der Waals surface area (Å²) in [6.07, 6.45) is 2.44. The highest BCUT2D eigenvalue weighted by Crippen LogP contribution is 2.25. The molecule has 2 aromatic rings. The standard InChI is InChI=1S/C13H17N5O2S/c1-9-4-5-12(10(2)6-9)18(3)21(19,20)11-7-15-13(17-14)16-8-11/h4-8H,14H2,1-3H3,(H,15,16,17). The monoisotopic (exact) mass is 307 g/mol. The Kier molecular flexibility index (Phi) is 4.10. The summed E-state index contributed by atoms with van der Waals surface area (Å²) in [7, 11) is -2.21. The number of nitrogens with zero attached hydrogens (tertiary/aromatic N) is 3. The van der Waals surface area contributed by atoms with Crippen LogP contribution in [0.25, 0.3) is 0 Å². The van der Waals surface area contributed by atoms with Gasteiger partial charge >= 0.3 is 0 Å². The van der Waals surface area contributed by atoms with Crippen molar-refractivity contribution in [3.63, 3.8) is 0 Å². The molecule has 1 aromatic carbocycles. The van der Waals surface area contributed by atoms with Crippen molar-refractivity contribution in [2.45, 2.75) is 18.7 Å². The minimum Gasteiger partial charge on any atom is -0.292 e. The predicted molar refractivity (Wildman–Crippen MR) is 81.3 cm³/mol. The zero-order chi connectivity index (χ0) is 15.6. The van der Waals surface area contributed by atoms with Crippen LogP contribution in [0, 0.1) is 13.8 Å². The van der Waals surface area contributed by atoms with Crippen LogP contribution in [-0.4, -0.2) is 25.4 Å². The summed E-state index contributed by atoms with van der Waals surface area (Å²) in [5.41, 5.74) is 4.81. The van der Waals surface area contributed by atoms with Gasteiger partial charge in [0.05, 0.1) is 18.1 Å². The number of hydrogen-bond donors (Lipinski definition) is 2. The Morgan fingerprint density at radius 2 is 1.81 bits per heavy atom. The molecule has 0 atom stereocenters. The van der Waals surface area contributed by atoms with Gasteiger partial charge in [-0.05, 0) is 25.5 Å². The van der Waals surface area contributed by atoms with Gasteiger partial charge < -0.3 is 0 Å². The number of nitrogen functional groups attached to an aromatic ring is 1. The average Bonchev–Trinajstić information content (AvgIpc) is 2.46. The molecule has 0 bridgehead atoms. The van der Waals surface area contributed by atoms with Crippen LogP contribution < -0.4 is 15.6 Å².